The van der Waals surface area contributed by atoms with Crippen molar-refractivity contribution < 1.29 is 27.4 Å². The first kappa shape index (κ1) is 13.4. The van der Waals surface area contributed by atoms with Gasteiger partial charge in [0.2, 0.25) is 0 Å². The molecule has 1 aliphatic carbocycles. The predicted octanol–water partition coefficient (Wildman–Crippen LogP) is 2.53. The molecular formula is C14H13F3O3. The number of esters is 1. The van der Waals surface area contributed by atoms with Gasteiger partial charge in [0.15, 0.2) is 0 Å². The minimum Gasteiger partial charge on any atom is -0.469 e. The van der Waals surface area contributed by atoms with E-state index in [1.54, 1.807) is 0 Å². The zero-order chi connectivity index (χ0) is 14.5. The molecule has 3 fully saturated rings. The fourth-order valence-corrected chi connectivity index (χ4v) is 3.23. The molecule has 3 nitrogen and oxygen atoms in total. The molecule has 2 heterocycles. The van der Waals surface area contributed by atoms with Gasteiger partial charge in [0.1, 0.15) is 0 Å². The molecular weight excluding hydrogens is 273 g/mol. The summed E-state index contributed by atoms with van der Waals surface area (Å²) in [5.74, 6) is -0.775. The van der Waals surface area contributed by atoms with E-state index in [1.807, 2.05) is 0 Å². The third-order valence-corrected chi connectivity index (χ3v) is 4.33. The number of fused-ring (bicyclic) bond motifs is 1. The first-order valence-electron chi connectivity index (χ1n) is 6.26. The molecule has 2 aliphatic heterocycles. The maximum atomic E-state index is 12.6. The molecule has 0 spiro atoms. The number of hydrogen-bond acceptors (Lipinski definition) is 3. The predicted molar refractivity (Wildman–Crippen MR) is 63.0 cm³/mol. The van der Waals surface area contributed by atoms with E-state index in [9.17, 15) is 18.0 Å². The zero-order valence-corrected chi connectivity index (χ0v) is 10.7. The number of rotatable bonds is 2. The van der Waals surface area contributed by atoms with Gasteiger partial charge < -0.3 is 9.47 Å². The Bertz CT molecular complexity index is 534. The van der Waals surface area contributed by atoms with E-state index in [2.05, 4.69) is 0 Å². The van der Waals surface area contributed by atoms with Crippen molar-refractivity contribution in [2.45, 2.75) is 24.1 Å². The van der Waals surface area contributed by atoms with E-state index in [4.69, 9.17) is 9.47 Å². The molecule has 0 aromatic heterocycles. The van der Waals surface area contributed by atoms with Gasteiger partial charge in [-0.15, -0.1) is 0 Å². The number of carbonyl (C=O) groups is 1. The molecule has 0 unspecified atom stereocenters. The highest BCUT2D eigenvalue weighted by molar-refractivity contribution is 5.78. The summed E-state index contributed by atoms with van der Waals surface area (Å²) in [5.41, 5.74) is -0.515. The Balaban J connectivity index is 1.91. The molecule has 1 aromatic carbocycles. The highest BCUT2D eigenvalue weighted by Gasteiger charge is 2.65. The molecule has 6 heteroatoms. The molecule has 0 N–H and O–H groups in total. The van der Waals surface area contributed by atoms with Crippen LogP contribution in [0.25, 0.3) is 0 Å². The van der Waals surface area contributed by atoms with Gasteiger partial charge >= 0.3 is 12.1 Å². The van der Waals surface area contributed by atoms with Gasteiger partial charge in [-0.3, -0.25) is 4.79 Å². The highest BCUT2D eigenvalue weighted by atomic mass is 19.4. The normalized spacial score (nSPS) is 31.8. The Morgan fingerprint density at radius 3 is 2.50 bits per heavy atom. The smallest absolute Gasteiger partial charge is 0.416 e. The number of ether oxygens (including phenoxy) is 2. The second-order valence-electron chi connectivity index (χ2n) is 5.29. The minimum atomic E-state index is -4.35. The largest absolute Gasteiger partial charge is 0.469 e. The zero-order valence-electron chi connectivity index (χ0n) is 10.7. The van der Waals surface area contributed by atoms with Crippen LogP contribution in [-0.2, 0) is 25.9 Å². The summed E-state index contributed by atoms with van der Waals surface area (Å²) in [6.45, 7) is 0.350. The van der Waals surface area contributed by atoms with Crippen molar-refractivity contribution in [3.63, 3.8) is 0 Å². The maximum absolute atomic E-state index is 12.6. The van der Waals surface area contributed by atoms with Crippen LogP contribution < -0.4 is 0 Å². The lowest BCUT2D eigenvalue weighted by Crippen LogP contribution is -2.52. The monoisotopic (exact) mass is 286 g/mol. The Morgan fingerprint density at radius 2 is 2.00 bits per heavy atom. The van der Waals surface area contributed by atoms with Crippen molar-refractivity contribution in [1.29, 1.82) is 0 Å². The molecule has 108 valence electrons. The Labute approximate surface area is 113 Å². The van der Waals surface area contributed by atoms with Gasteiger partial charge in [-0.05, 0) is 24.1 Å². The molecule has 2 saturated heterocycles. The number of halogens is 3. The van der Waals surface area contributed by atoms with Gasteiger partial charge in [-0.2, -0.15) is 13.2 Å². The summed E-state index contributed by atoms with van der Waals surface area (Å²) in [6, 6.07) is 4.96. The molecule has 1 saturated carbocycles. The van der Waals surface area contributed by atoms with Gasteiger partial charge in [0, 0.05) is 5.41 Å². The van der Waals surface area contributed by atoms with E-state index < -0.39 is 23.1 Å². The van der Waals surface area contributed by atoms with Crippen LogP contribution in [-0.4, -0.2) is 25.8 Å². The van der Waals surface area contributed by atoms with Crippen molar-refractivity contribution in [1.82, 2.24) is 0 Å². The quantitative estimate of drug-likeness (QED) is 0.784. The fourth-order valence-electron chi connectivity index (χ4n) is 3.23. The van der Waals surface area contributed by atoms with Crippen LogP contribution in [0.1, 0.15) is 17.5 Å². The number of hydrogen-bond donors (Lipinski definition) is 0. The van der Waals surface area contributed by atoms with Crippen molar-refractivity contribution in [2.75, 3.05) is 13.7 Å². The molecule has 0 radical (unpaired) electrons. The Hall–Kier alpha value is -1.56. The minimum absolute atomic E-state index is 0.176. The SMILES string of the molecule is COC(=O)[C@@H]1[C@H]2C[C@]1(c1ccc(C(F)(F)F)cc1)CO2. The van der Waals surface area contributed by atoms with Crippen molar-refractivity contribution in [2.24, 2.45) is 5.92 Å². The lowest BCUT2D eigenvalue weighted by atomic mass is 9.57. The molecule has 0 amide bonds. The topological polar surface area (TPSA) is 35.5 Å². The number of benzene rings is 1. The van der Waals surface area contributed by atoms with Crippen LogP contribution in [0.4, 0.5) is 13.2 Å². The van der Waals surface area contributed by atoms with Crippen molar-refractivity contribution >= 4 is 5.97 Å². The molecule has 3 atom stereocenters. The summed E-state index contributed by atoms with van der Waals surface area (Å²) in [5, 5.41) is 0. The summed E-state index contributed by atoms with van der Waals surface area (Å²) < 4.78 is 47.9. The lowest BCUT2D eigenvalue weighted by molar-refractivity contribution is -0.154. The van der Waals surface area contributed by atoms with E-state index in [0.717, 1.165) is 12.1 Å². The number of carbonyl (C=O) groups excluding carboxylic acids is 1. The van der Waals surface area contributed by atoms with Crippen LogP contribution in [0.5, 0.6) is 0 Å². The summed E-state index contributed by atoms with van der Waals surface area (Å²) in [6.07, 6.45) is -3.88. The third kappa shape index (κ3) is 1.74. The van der Waals surface area contributed by atoms with Crippen LogP contribution >= 0.6 is 0 Å². The average Bonchev–Trinajstić information content (AvgIpc) is 2.97. The van der Waals surface area contributed by atoms with Crippen molar-refractivity contribution in [3.05, 3.63) is 35.4 Å². The van der Waals surface area contributed by atoms with Gasteiger partial charge in [-0.25, -0.2) is 0 Å². The fraction of sp³-hybridized carbons (Fsp3) is 0.500. The lowest BCUT2D eigenvalue weighted by Gasteiger charge is -2.43. The first-order valence-corrected chi connectivity index (χ1v) is 6.26. The van der Waals surface area contributed by atoms with Gasteiger partial charge in [0.05, 0.1) is 31.3 Å². The Kier molecular flexibility index (Phi) is 2.83. The highest BCUT2D eigenvalue weighted by Crippen LogP contribution is 2.56. The number of methoxy groups -OCH3 is 1. The van der Waals surface area contributed by atoms with Gasteiger partial charge in [0.25, 0.3) is 0 Å². The van der Waals surface area contributed by atoms with Crippen LogP contribution in [0.15, 0.2) is 24.3 Å². The van der Waals surface area contributed by atoms with E-state index in [-0.39, 0.29) is 12.1 Å². The molecule has 1 aromatic rings. The van der Waals surface area contributed by atoms with Gasteiger partial charge in [-0.1, -0.05) is 12.1 Å². The molecule has 20 heavy (non-hydrogen) atoms. The summed E-state index contributed by atoms with van der Waals surface area (Å²) in [4.78, 5) is 11.8. The van der Waals surface area contributed by atoms with E-state index in [0.29, 0.717) is 18.6 Å². The average molecular weight is 286 g/mol. The Morgan fingerprint density at radius 1 is 1.35 bits per heavy atom. The maximum Gasteiger partial charge on any atom is 0.416 e. The van der Waals surface area contributed by atoms with E-state index >= 15 is 0 Å². The third-order valence-electron chi connectivity index (χ3n) is 4.33. The van der Waals surface area contributed by atoms with E-state index in [1.165, 1.54) is 19.2 Å². The summed E-state index contributed by atoms with van der Waals surface area (Å²) >= 11 is 0. The van der Waals surface area contributed by atoms with Crippen molar-refractivity contribution in [3.8, 4) is 0 Å². The van der Waals surface area contributed by atoms with Crippen LogP contribution in [0.2, 0.25) is 0 Å². The second kappa shape index (κ2) is 4.22. The summed E-state index contributed by atoms with van der Waals surface area (Å²) in [7, 11) is 1.31. The first-order chi connectivity index (χ1) is 9.38. The second-order valence-corrected chi connectivity index (χ2v) is 5.29. The van der Waals surface area contributed by atoms with Crippen LogP contribution in [0, 0.1) is 5.92 Å². The van der Waals surface area contributed by atoms with Crippen LogP contribution in [0.3, 0.4) is 0 Å². The molecule has 2 bridgehead atoms. The molecule has 3 aliphatic rings. The molecule has 4 rings (SSSR count). The standard InChI is InChI=1S/C14H13F3O3/c1-19-12(18)11-10-6-13(11,7-20-10)8-2-4-9(5-3-8)14(15,16)17/h2-5,10-11H,6-7H2,1H3/t10-,11+,13-/m1/s1. The number of alkyl halides is 3.